The fourth-order valence-electron chi connectivity index (χ4n) is 0.791. The monoisotopic (exact) mass is 219 g/mol. The van der Waals surface area contributed by atoms with Crippen molar-refractivity contribution in [2.24, 2.45) is 0 Å². The first kappa shape index (κ1) is 8.33. The summed E-state index contributed by atoms with van der Waals surface area (Å²) >= 11 is 2.99. The number of rotatable bonds is 2. The summed E-state index contributed by atoms with van der Waals surface area (Å²) in [6, 6.07) is 4.64. The standard InChI is InChI=1S/C7H7BrFNO/c1-11-7-5(9)3-2-4-6(7)10-8/h2-4,10H,1H3. The molecule has 0 aliphatic rings. The molecule has 0 aromatic heterocycles. The van der Waals surface area contributed by atoms with Gasteiger partial charge in [0.05, 0.1) is 12.8 Å². The van der Waals surface area contributed by atoms with Gasteiger partial charge in [0, 0.05) is 16.1 Å². The van der Waals surface area contributed by atoms with Crippen LogP contribution in [0.1, 0.15) is 0 Å². The van der Waals surface area contributed by atoms with Gasteiger partial charge in [0.1, 0.15) is 0 Å². The minimum absolute atomic E-state index is 0.212. The van der Waals surface area contributed by atoms with Crippen LogP contribution in [0.2, 0.25) is 0 Å². The van der Waals surface area contributed by atoms with Crippen LogP contribution in [-0.2, 0) is 0 Å². The third kappa shape index (κ3) is 1.63. The average Bonchev–Trinajstić information content (AvgIpc) is 2.04. The van der Waals surface area contributed by atoms with Gasteiger partial charge in [0.25, 0.3) is 0 Å². The molecule has 0 amide bonds. The SMILES string of the molecule is COc1c(F)cccc1NBr. The number of hydrogen-bond acceptors (Lipinski definition) is 2. The molecule has 0 atom stereocenters. The van der Waals surface area contributed by atoms with E-state index in [0.717, 1.165) is 0 Å². The summed E-state index contributed by atoms with van der Waals surface area (Å²) < 4.78 is 20.3. The average molecular weight is 220 g/mol. The van der Waals surface area contributed by atoms with Gasteiger partial charge in [-0.3, -0.25) is 0 Å². The van der Waals surface area contributed by atoms with Crippen LogP contribution in [-0.4, -0.2) is 7.11 Å². The van der Waals surface area contributed by atoms with Crippen molar-refractivity contribution in [3.63, 3.8) is 0 Å². The molecule has 4 heteroatoms. The summed E-state index contributed by atoms with van der Waals surface area (Å²) in [7, 11) is 1.42. The normalized spacial score (nSPS) is 9.36. The quantitative estimate of drug-likeness (QED) is 0.773. The lowest BCUT2D eigenvalue weighted by Gasteiger charge is -2.06. The Hall–Kier alpha value is -0.770. The molecular formula is C7H7BrFNO. The summed E-state index contributed by atoms with van der Waals surface area (Å²) in [4.78, 5) is 0. The maximum absolute atomic E-state index is 12.9. The second-order valence-electron chi connectivity index (χ2n) is 1.92. The van der Waals surface area contributed by atoms with Gasteiger partial charge in [-0.15, -0.1) is 0 Å². The highest BCUT2D eigenvalue weighted by Gasteiger charge is 2.05. The molecular weight excluding hydrogens is 213 g/mol. The van der Waals surface area contributed by atoms with E-state index in [1.54, 1.807) is 12.1 Å². The van der Waals surface area contributed by atoms with Gasteiger partial charge in [-0.25, -0.2) is 4.39 Å². The maximum Gasteiger partial charge on any atom is 0.178 e. The zero-order chi connectivity index (χ0) is 8.27. The van der Waals surface area contributed by atoms with E-state index in [1.165, 1.54) is 13.2 Å². The van der Waals surface area contributed by atoms with Crippen LogP contribution in [0.4, 0.5) is 10.1 Å². The molecule has 60 valence electrons. The molecule has 0 radical (unpaired) electrons. The van der Waals surface area contributed by atoms with Crippen molar-refractivity contribution < 1.29 is 9.13 Å². The number of hydrogen-bond donors (Lipinski definition) is 1. The molecule has 0 aliphatic carbocycles. The number of para-hydroxylation sites is 1. The van der Waals surface area contributed by atoms with Crippen LogP contribution >= 0.6 is 16.1 Å². The molecule has 0 heterocycles. The molecule has 1 N–H and O–H groups in total. The zero-order valence-corrected chi connectivity index (χ0v) is 7.48. The van der Waals surface area contributed by atoms with Crippen LogP contribution in [0.25, 0.3) is 0 Å². The van der Waals surface area contributed by atoms with Gasteiger partial charge in [-0.1, -0.05) is 6.07 Å². The van der Waals surface area contributed by atoms with Crippen LogP contribution in [0, 0.1) is 5.82 Å². The van der Waals surface area contributed by atoms with E-state index in [9.17, 15) is 4.39 Å². The minimum atomic E-state index is -0.378. The molecule has 1 rings (SSSR count). The van der Waals surface area contributed by atoms with Crippen molar-refractivity contribution in [3.8, 4) is 5.75 Å². The highest BCUT2D eigenvalue weighted by Crippen LogP contribution is 2.27. The van der Waals surface area contributed by atoms with E-state index in [4.69, 9.17) is 4.74 Å². The smallest absolute Gasteiger partial charge is 0.178 e. The van der Waals surface area contributed by atoms with Gasteiger partial charge in [-0.2, -0.15) is 0 Å². The van der Waals surface area contributed by atoms with E-state index < -0.39 is 0 Å². The molecule has 2 nitrogen and oxygen atoms in total. The lowest BCUT2D eigenvalue weighted by atomic mass is 10.3. The number of anilines is 1. The minimum Gasteiger partial charge on any atom is -0.492 e. The first-order valence-corrected chi connectivity index (χ1v) is 3.78. The van der Waals surface area contributed by atoms with Crippen molar-refractivity contribution in [1.29, 1.82) is 0 Å². The Morgan fingerprint density at radius 2 is 2.27 bits per heavy atom. The van der Waals surface area contributed by atoms with E-state index >= 15 is 0 Å². The number of benzene rings is 1. The Morgan fingerprint density at radius 1 is 1.55 bits per heavy atom. The van der Waals surface area contributed by atoms with Gasteiger partial charge < -0.3 is 9.08 Å². The molecule has 0 unspecified atom stereocenters. The van der Waals surface area contributed by atoms with E-state index in [-0.39, 0.29) is 11.6 Å². The first-order valence-electron chi connectivity index (χ1n) is 2.98. The largest absolute Gasteiger partial charge is 0.492 e. The lowest BCUT2D eigenvalue weighted by Crippen LogP contribution is -1.91. The van der Waals surface area contributed by atoms with E-state index in [2.05, 4.69) is 20.5 Å². The summed E-state index contributed by atoms with van der Waals surface area (Å²) in [5.41, 5.74) is 0.576. The van der Waals surface area contributed by atoms with E-state index in [1.807, 2.05) is 0 Å². The highest BCUT2D eigenvalue weighted by molar-refractivity contribution is 9.10. The molecule has 1 aromatic carbocycles. The predicted octanol–water partition coefficient (Wildman–Crippen LogP) is 2.56. The van der Waals surface area contributed by atoms with Crippen LogP contribution < -0.4 is 9.08 Å². The third-order valence-electron chi connectivity index (χ3n) is 1.27. The molecule has 11 heavy (non-hydrogen) atoms. The summed E-state index contributed by atoms with van der Waals surface area (Å²) in [6.45, 7) is 0. The van der Waals surface area contributed by atoms with E-state index in [0.29, 0.717) is 5.69 Å². The summed E-state index contributed by atoms with van der Waals surface area (Å²) in [5.74, 6) is -0.165. The molecule has 0 saturated heterocycles. The summed E-state index contributed by atoms with van der Waals surface area (Å²) in [5, 5.41) is 0. The fraction of sp³-hybridized carbons (Fsp3) is 0.143. The lowest BCUT2D eigenvalue weighted by molar-refractivity contribution is 0.389. The number of methoxy groups -OCH3 is 1. The van der Waals surface area contributed by atoms with Crippen LogP contribution in [0.15, 0.2) is 18.2 Å². The maximum atomic E-state index is 12.9. The van der Waals surface area contributed by atoms with Crippen molar-refractivity contribution in [3.05, 3.63) is 24.0 Å². The molecule has 0 fully saturated rings. The van der Waals surface area contributed by atoms with Crippen molar-refractivity contribution in [1.82, 2.24) is 0 Å². The predicted molar refractivity (Wildman–Crippen MR) is 45.5 cm³/mol. The Bertz CT molecular complexity index is 254. The number of halogens is 2. The number of nitrogens with one attached hydrogen (secondary N) is 1. The van der Waals surface area contributed by atoms with Gasteiger partial charge in [-0.05, 0) is 12.1 Å². The van der Waals surface area contributed by atoms with Crippen molar-refractivity contribution >= 4 is 21.8 Å². The zero-order valence-electron chi connectivity index (χ0n) is 5.90. The Balaban J connectivity index is 3.13. The first-order chi connectivity index (χ1) is 5.29. The van der Waals surface area contributed by atoms with Gasteiger partial charge >= 0.3 is 0 Å². The Labute approximate surface area is 72.7 Å². The second kappa shape index (κ2) is 3.57. The van der Waals surface area contributed by atoms with Gasteiger partial charge in [0.15, 0.2) is 11.6 Å². The van der Waals surface area contributed by atoms with Gasteiger partial charge in [0.2, 0.25) is 0 Å². The molecule has 0 saturated carbocycles. The molecule has 0 bridgehead atoms. The Kier molecular flexibility index (Phi) is 2.70. The highest BCUT2D eigenvalue weighted by atomic mass is 79.9. The summed E-state index contributed by atoms with van der Waals surface area (Å²) in [6.07, 6.45) is 0. The van der Waals surface area contributed by atoms with Crippen molar-refractivity contribution in [2.45, 2.75) is 0 Å². The molecule has 1 aromatic rings. The Morgan fingerprint density at radius 3 is 2.73 bits per heavy atom. The topological polar surface area (TPSA) is 21.3 Å². The molecule has 0 spiro atoms. The molecule has 0 aliphatic heterocycles. The second-order valence-corrected chi connectivity index (χ2v) is 2.31. The van der Waals surface area contributed by atoms with Crippen LogP contribution in [0.5, 0.6) is 5.75 Å². The van der Waals surface area contributed by atoms with Crippen molar-refractivity contribution in [2.75, 3.05) is 11.5 Å². The number of ether oxygens (including phenoxy) is 1. The fourth-order valence-corrected chi connectivity index (χ4v) is 1.10. The third-order valence-corrected chi connectivity index (χ3v) is 1.70. The van der Waals surface area contributed by atoms with Crippen LogP contribution in [0.3, 0.4) is 0 Å².